The first-order chi connectivity index (χ1) is 18.1. The van der Waals surface area contributed by atoms with Crippen molar-refractivity contribution in [2.75, 3.05) is 7.11 Å². The number of nitrogens with two attached hydrogens (primary N) is 1. The van der Waals surface area contributed by atoms with Gasteiger partial charge < -0.3 is 15.8 Å². The van der Waals surface area contributed by atoms with Crippen LogP contribution in [0.4, 0.5) is 0 Å². The monoisotopic (exact) mass is 554 g/mol. The van der Waals surface area contributed by atoms with Crippen LogP contribution in [0.1, 0.15) is 99.3 Å². The molecule has 9 atom stereocenters. The molecule has 5 nitrogen and oxygen atoms in total. The Kier molecular flexibility index (Phi) is 6.77. The minimum Gasteiger partial charge on any atom is -0.469 e. The highest BCUT2D eigenvalue weighted by atomic mass is 32.1. The van der Waals surface area contributed by atoms with Gasteiger partial charge in [-0.25, -0.2) is 0 Å². The molecule has 5 aliphatic rings. The maximum Gasteiger partial charge on any atom is 0.312 e. The van der Waals surface area contributed by atoms with Gasteiger partial charge in [-0.3, -0.25) is 9.59 Å². The summed E-state index contributed by atoms with van der Waals surface area (Å²) >= 11 is 5.06. The van der Waals surface area contributed by atoms with Crippen molar-refractivity contribution < 1.29 is 14.3 Å². The van der Waals surface area contributed by atoms with Crippen molar-refractivity contribution in [3.63, 3.8) is 0 Å². The summed E-state index contributed by atoms with van der Waals surface area (Å²) in [5.41, 5.74) is 7.26. The van der Waals surface area contributed by atoms with Gasteiger partial charge in [0.15, 0.2) is 10.9 Å². The first-order valence-corrected chi connectivity index (χ1v) is 15.5. The molecule has 0 aromatic heterocycles. The molecule has 5 saturated carbocycles. The fourth-order valence-electron chi connectivity index (χ4n) is 11.8. The summed E-state index contributed by atoms with van der Waals surface area (Å²) in [6, 6.07) is 0. The van der Waals surface area contributed by atoms with Crippen molar-refractivity contribution in [3.05, 3.63) is 23.9 Å². The summed E-state index contributed by atoms with van der Waals surface area (Å²) in [6.45, 7) is 18.5. The van der Waals surface area contributed by atoms with E-state index in [0.29, 0.717) is 29.6 Å². The molecule has 3 N–H and O–H groups in total. The van der Waals surface area contributed by atoms with Crippen molar-refractivity contribution >= 4 is 29.1 Å². The van der Waals surface area contributed by atoms with E-state index in [4.69, 9.17) is 22.7 Å². The maximum atomic E-state index is 13.7. The Bertz CT molecular complexity index is 1140. The van der Waals surface area contributed by atoms with E-state index in [1.807, 2.05) is 0 Å². The van der Waals surface area contributed by atoms with E-state index in [1.54, 1.807) is 13.3 Å². The normalized spacial score (nSPS) is 47.3. The molecule has 6 heteroatoms. The molecule has 39 heavy (non-hydrogen) atoms. The average molecular weight is 555 g/mol. The summed E-state index contributed by atoms with van der Waals surface area (Å²) in [5.74, 6) is 2.24. The molecule has 0 amide bonds. The van der Waals surface area contributed by atoms with Gasteiger partial charge >= 0.3 is 5.97 Å². The van der Waals surface area contributed by atoms with Gasteiger partial charge in [-0.1, -0.05) is 46.8 Å². The lowest BCUT2D eigenvalue weighted by Gasteiger charge is -2.72. The third kappa shape index (κ3) is 3.71. The topological polar surface area (TPSA) is 81.4 Å². The fourth-order valence-corrected chi connectivity index (χ4v) is 11.9. The van der Waals surface area contributed by atoms with E-state index in [2.05, 4.69) is 53.4 Å². The van der Waals surface area contributed by atoms with Crippen LogP contribution < -0.4 is 11.1 Å². The van der Waals surface area contributed by atoms with Crippen LogP contribution in [-0.2, 0) is 14.3 Å². The number of allylic oxidation sites excluding steroid dienone is 2. The van der Waals surface area contributed by atoms with Crippen LogP contribution in [0.5, 0.6) is 0 Å². The van der Waals surface area contributed by atoms with Gasteiger partial charge in [0.05, 0.1) is 12.5 Å². The van der Waals surface area contributed by atoms with Gasteiger partial charge in [-0.2, -0.15) is 0 Å². The Morgan fingerprint density at radius 1 is 1.03 bits per heavy atom. The summed E-state index contributed by atoms with van der Waals surface area (Å²) in [7, 11) is 1.57. The highest BCUT2D eigenvalue weighted by Gasteiger charge is 2.72. The lowest BCUT2D eigenvalue weighted by atomic mass is 9.32. The maximum absolute atomic E-state index is 13.7. The summed E-state index contributed by atoms with van der Waals surface area (Å²) in [5, 5.41) is 3.16. The number of carbonyl (C=O) groups is 2. The second-order valence-electron chi connectivity index (χ2n) is 15.2. The number of ether oxygens (including phenoxy) is 1. The Morgan fingerprint density at radius 2 is 1.72 bits per heavy atom. The molecule has 0 spiro atoms. The zero-order valence-electron chi connectivity index (χ0n) is 25.2. The van der Waals surface area contributed by atoms with E-state index in [-0.39, 0.29) is 38.5 Å². The minimum atomic E-state index is -0.432. The molecule has 0 bridgehead atoms. The van der Waals surface area contributed by atoms with Gasteiger partial charge in [0.25, 0.3) is 0 Å². The van der Waals surface area contributed by atoms with Crippen LogP contribution in [0.3, 0.4) is 0 Å². The number of methoxy groups -OCH3 is 1. The number of Topliss-reactive ketones (excluding diaryl/α,β-unsaturated/α-hetero) is 1. The van der Waals surface area contributed by atoms with Crippen LogP contribution in [0.15, 0.2) is 23.9 Å². The standard InChI is InChI=1S/C33H50N2O3S/c1-19(2)21-11-14-33(27(37)38-8)16-15-31(6)22(25(21)33)9-10-24-30(5)17-20(18-35-28(34)39)26(36)29(3,4)23(30)12-13-32(24,31)7/h18,21-25H,1,9-17H2,2-8H3,(H3,34,35,39)/b20-18+/t21-,22+,23-,24+,25-,30-,31+,32+,33-/m0/s1. The first-order valence-electron chi connectivity index (χ1n) is 15.1. The number of esters is 1. The van der Waals surface area contributed by atoms with Crippen molar-refractivity contribution in [3.8, 4) is 0 Å². The Morgan fingerprint density at radius 3 is 2.33 bits per heavy atom. The number of rotatable bonds is 3. The number of ketones is 1. The Balaban J connectivity index is 1.57. The Labute approximate surface area is 241 Å². The number of carbonyl (C=O) groups excluding carboxylic acids is 2. The second kappa shape index (κ2) is 9.16. The molecule has 0 heterocycles. The largest absolute Gasteiger partial charge is 0.469 e. The fraction of sp³-hybridized carbons (Fsp3) is 0.788. The number of hydrogen-bond donors (Lipinski definition) is 2. The molecule has 0 aromatic rings. The molecule has 0 aromatic carbocycles. The third-order valence-electron chi connectivity index (χ3n) is 13.6. The van der Waals surface area contributed by atoms with E-state index < -0.39 is 5.41 Å². The molecular weight excluding hydrogens is 504 g/mol. The summed E-state index contributed by atoms with van der Waals surface area (Å²) in [4.78, 5) is 27.1. The predicted octanol–water partition coefficient (Wildman–Crippen LogP) is 6.71. The molecule has 0 radical (unpaired) electrons. The van der Waals surface area contributed by atoms with E-state index in [1.165, 1.54) is 5.57 Å². The summed E-state index contributed by atoms with van der Waals surface area (Å²) in [6.07, 6.45) is 11.0. The van der Waals surface area contributed by atoms with Gasteiger partial charge in [-0.15, -0.1) is 0 Å². The number of fused-ring (bicyclic) bond motifs is 7. The summed E-state index contributed by atoms with van der Waals surface area (Å²) < 4.78 is 5.51. The predicted molar refractivity (Wildman–Crippen MR) is 159 cm³/mol. The van der Waals surface area contributed by atoms with Crippen LogP contribution in [0, 0.1) is 56.7 Å². The molecule has 0 saturated heterocycles. The van der Waals surface area contributed by atoms with E-state index in [0.717, 1.165) is 63.4 Å². The first kappa shape index (κ1) is 28.8. The number of nitrogens with one attached hydrogen (secondary N) is 1. The quantitative estimate of drug-likeness (QED) is 0.175. The van der Waals surface area contributed by atoms with Gasteiger partial charge in [0.2, 0.25) is 0 Å². The third-order valence-corrected chi connectivity index (χ3v) is 13.8. The van der Waals surface area contributed by atoms with Gasteiger partial charge in [0, 0.05) is 17.2 Å². The molecule has 5 aliphatic carbocycles. The lowest BCUT2D eigenvalue weighted by Crippen LogP contribution is -2.67. The lowest BCUT2D eigenvalue weighted by molar-refractivity contribution is -0.232. The van der Waals surface area contributed by atoms with Gasteiger partial charge in [0.1, 0.15) is 0 Å². The van der Waals surface area contributed by atoms with Crippen molar-refractivity contribution in [1.29, 1.82) is 0 Å². The van der Waals surface area contributed by atoms with Crippen molar-refractivity contribution in [2.45, 2.75) is 99.3 Å². The highest BCUT2D eigenvalue weighted by Crippen LogP contribution is 2.77. The second-order valence-corrected chi connectivity index (χ2v) is 15.7. The van der Waals surface area contributed by atoms with Crippen LogP contribution in [0.25, 0.3) is 0 Å². The molecular formula is C33H50N2O3S. The van der Waals surface area contributed by atoms with Crippen molar-refractivity contribution in [1.82, 2.24) is 5.32 Å². The molecule has 5 rings (SSSR count). The average Bonchev–Trinajstić information content (AvgIpc) is 3.26. The van der Waals surface area contributed by atoms with Crippen LogP contribution in [-0.4, -0.2) is 24.0 Å². The smallest absolute Gasteiger partial charge is 0.312 e. The molecule has 5 fully saturated rings. The molecule has 216 valence electrons. The minimum absolute atomic E-state index is 0.00242. The molecule has 0 unspecified atom stereocenters. The van der Waals surface area contributed by atoms with E-state index in [9.17, 15) is 9.59 Å². The zero-order valence-corrected chi connectivity index (χ0v) is 26.1. The Hall–Kier alpha value is -1.69. The van der Waals surface area contributed by atoms with Crippen molar-refractivity contribution in [2.24, 2.45) is 62.4 Å². The SMILES string of the molecule is C=C(C)[C@@H]1CC[C@]2(C(=O)OC)CC[C@]3(C)[C@H](CC[C@@H]4[C@@]5(C)C/C(=C\NC(N)=S)C(=O)C(C)(C)[C@@H]5CC[C@]43C)[C@H]12. The number of hydrogen-bond acceptors (Lipinski definition) is 4. The zero-order chi connectivity index (χ0) is 28.8. The van der Waals surface area contributed by atoms with Crippen LogP contribution >= 0.6 is 12.2 Å². The van der Waals surface area contributed by atoms with E-state index >= 15 is 0 Å². The van der Waals surface area contributed by atoms with Crippen LogP contribution in [0.2, 0.25) is 0 Å². The molecule has 0 aliphatic heterocycles. The van der Waals surface area contributed by atoms with Gasteiger partial charge in [-0.05, 0) is 123 Å². The number of thiocarbonyl (C=S) groups is 1. The highest BCUT2D eigenvalue weighted by molar-refractivity contribution is 7.80.